The minimum Gasteiger partial charge on any atom is -0.298 e. The number of likely N-dealkylation sites (tertiary alicyclic amines) is 1. The van der Waals surface area contributed by atoms with Crippen LogP contribution in [-0.2, 0) is 6.54 Å². The SMILES string of the molecule is CC1CCC(C)N1Cc1ccc(N=O)c(C=O)c1. The molecule has 1 saturated heterocycles. The molecule has 18 heavy (non-hydrogen) atoms. The van der Waals surface area contributed by atoms with Gasteiger partial charge in [-0.2, -0.15) is 0 Å². The number of benzene rings is 1. The molecule has 1 aromatic rings. The third-order valence-corrected chi connectivity index (χ3v) is 3.82. The monoisotopic (exact) mass is 246 g/mol. The lowest BCUT2D eigenvalue weighted by molar-refractivity contribution is 0.112. The van der Waals surface area contributed by atoms with Gasteiger partial charge in [-0.05, 0) is 49.6 Å². The summed E-state index contributed by atoms with van der Waals surface area (Å²) in [5, 5.41) is 2.85. The van der Waals surface area contributed by atoms with Gasteiger partial charge in [0.2, 0.25) is 0 Å². The van der Waals surface area contributed by atoms with E-state index in [0.29, 0.717) is 23.9 Å². The molecule has 4 nitrogen and oxygen atoms in total. The number of rotatable bonds is 4. The molecular weight excluding hydrogens is 228 g/mol. The molecule has 1 heterocycles. The van der Waals surface area contributed by atoms with Crippen molar-refractivity contribution in [3.8, 4) is 0 Å². The summed E-state index contributed by atoms with van der Waals surface area (Å²) in [5.74, 6) is 0. The number of aldehydes is 1. The van der Waals surface area contributed by atoms with Crippen LogP contribution in [0.2, 0.25) is 0 Å². The van der Waals surface area contributed by atoms with E-state index < -0.39 is 0 Å². The Balaban J connectivity index is 2.19. The van der Waals surface area contributed by atoms with Crippen LogP contribution < -0.4 is 0 Å². The number of nitroso groups, excluding NO2 is 1. The molecule has 0 amide bonds. The summed E-state index contributed by atoms with van der Waals surface area (Å²) in [6.07, 6.45) is 3.13. The van der Waals surface area contributed by atoms with Crippen molar-refractivity contribution >= 4 is 12.0 Å². The Hall–Kier alpha value is -1.55. The molecule has 0 bridgehead atoms. The van der Waals surface area contributed by atoms with Gasteiger partial charge in [0.15, 0.2) is 6.29 Å². The van der Waals surface area contributed by atoms with Crippen molar-refractivity contribution in [3.05, 3.63) is 34.2 Å². The van der Waals surface area contributed by atoms with Crippen LogP contribution in [0.3, 0.4) is 0 Å². The second-order valence-corrected chi connectivity index (χ2v) is 5.05. The maximum Gasteiger partial charge on any atom is 0.152 e. The van der Waals surface area contributed by atoms with Crippen molar-refractivity contribution in [2.45, 2.75) is 45.3 Å². The summed E-state index contributed by atoms with van der Waals surface area (Å²) >= 11 is 0. The molecule has 2 atom stereocenters. The van der Waals surface area contributed by atoms with Crippen LogP contribution >= 0.6 is 0 Å². The Bertz CT molecular complexity index is 449. The minimum absolute atomic E-state index is 0.219. The predicted molar refractivity (Wildman–Crippen MR) is 71.0 cm³/mol. The topological polar surface area (TPSA) is 49.7 Å². The van der Waals surface area contributed by atoms with E-state index in [-0.39, 0.29) is 5.69 Å². The van der Waals surface area contributed by atoms with Gasteiger partial charge >= 0.3 is 0 Å². The fourth-order valence-electron chi connectivity index (χ4n) is 2.65. The number of carbonyl (C=O) groups is 1. The Labute approximate surface area is 107 Å². The van der Waals surface area contributed by atoms with E-state index >= 15 is 0 Å². The van der Waals surface area contributed by atoms with E-state index in [2.05, 4.69) is 23.9 Å². The summed E-state index contributed by atoms with van der Waals surface area (Å²) < 4.78 is 0. The third-order valence-electron chi connectivity index (χ3n) is 3.82. The molecule has 0 aliphatic carbocycles. The van der Waals surface area contributed by atoms with E-state index in [1.807, 2.05) is 6.07 Å². The van der Waals surface area contributed by atoms with Gasteiger partial charge in [-0.1, -0.05) is 6.07 Å². The summed E-state index contributed by atoms with van der Waals surface area (Å²) in [7, 11) is 0. The molecule has 0 spiro atoms. The average molecular weight is 246 g/mol. The first-order chi connectivity index (χ1) is 8.65. The van der Waals surface area contributed by atoms with Crippen molar-refractivity contribution in [3.63, 3.8) is 0 Å². The van der Waals surface area contributed by atoms with E-state index in [4.69, 9.17) is 0 Å². The second kappa shape index (κ2) is 5.40. The predicted octanol–water partition coefficient (Wildman–Crippen LogP) is 3.27. The number of carbonyl (C=O) groups excluding carboxylic acids is 1. The fraction of sp³-hybridized carbons (Fsp3) is 0.500. The standard InChI is InChI=1S/C14H18N2O2/c1-10-3-4-11(2)16(10)8-12-5-6-14(15-18)13(7-12)9-17/h5-7,9-11H,3-4,8H2,1-2H3. The van der Waals surface area contributed by atoms with Crippen molar-refractivity contribution in [1.29, 1.82) is 0 Å². The van der Waals surface area contributed by atoms with E-state index in [9.17, 15) is 9.70 Å². The highest BCUT2D eigenvalue weighted by atomic mass is 16.3. The number of nitrogens with zero attached hydrogens (tertiary/aromatic N) is 2. The maximum atomic E-state index is 10.9. The highest BCUT2D eigenvalue weighted by Gasteiger charge is 2.27. The molecule has 2 unspecified atom stereocenters. The highest BCUT2D eigenvalue weighted by Crippen LogP contribution is 2.27. The normalized spacial score (nSPS) is 24.1. The van der Waals surface area contributed by atoms with Crippen LogP contribution in [0, 0.1) is 4.91 Å². The molecule has 1 aliphatic heterocycles. The second-order valence-electron chi connectivity index (χ2n) is 5.05. The van der Waals surface area contributed by atoms with Gasteiger partial charge in [0.25, 0.3) is 0 Å². The summed E-state index contributed by atoms with van der Waals surface area (Å²) in [6, 6.07) is 6.41. The Morgan fingerprint density at radius 1 is 1.33 bits per heavy atom. The van der Waals surface area contributed by atoms with Crippen molar-refractivity contribution in [2.24, 2.45) is 5.18 Å². The summed E-state index contributed by atoms with van der Waals surface area (Å²) in [5.41, 5.74) is 1.66. The van der Waals surface area contributed by atoms with Crippen LogP contribution in [0.1, 0.15) is 42.6 Å². The van der Waals surface area contributed by atoms with Crippen molar-refractivity contribution in [2.75, 3.05) is 0 Å². The van der Waals surface area contributed by atoms with Gasteiger partial charge in [-0.3, -0.25) is 9.69 Å². The Kier molecular flexibility index (Phi) is 3.87. The van der Waals surface area contributed by atoms with Gasteiger partial charge < -0.3 is 0 Å². The summed E-state index contributed by atoms with van der Waals surface area (Å²) in [6.45, 7) is 5.28. The zero-order chi connectivity index (χ0) is 13.1. The summed E-state index contributed by atoms with van der Waals surface area (Å²) in [4.78, 5) is 23.8. The smallest absolute Gasteiger partial charge is 0.152 e. The Morgan fingerprint density at radius 3 is 2.56 bits per heavy atom. The minimum atomic E-state index is 0.219. The molecule has 0 aromatic heterocycles. The van der Waals surface area contributed by atoms with E-state index in [1.54, 1.807) is 12.1 Å². The van der Waals surface area contributed by atoms with Crippen LogP contribution in [0.5, 0.6) is 0 Å². The molecular formula is C14H18N2O2. The number of hydrogen-bond acceptors (Lipinski definition) is 4. The van der Waals surface area contributed by atoms with E-state index in [0.717, 1.165) is 12.1 Å². The molecule has 2 rings (SSSR count). The lowest BCUT2D eigenvalue weighted by Gasteiger charge is -2.26. The fourth-order valence-corrected chi connectivity index (χ4v) is 2.65. The molecule has 0 radical (unpaired) electrons. The average Bonchev–Trinajstić information content (AvgIpc) is 2.70. The molecule has 96 valence electrons. The molecule has 4 heteroatoms. The van der Waals surface area contributed by atoms with Crippen molar-refractivity contribution in [1.82, 2.24) is 4.90 Å². The van der Waals surface area contributed by atoms with Crippen LogP contribution in [0.15, 0.2) is 23.4 Å². The highest BCUT2D eigenvalue weighted by molar-refractivity contribution is 5.83. The van der Waals surface area contributed by atoms with Gasteiger partial charge in [0, 0.05) is 24.2 Å². The molecule has 1 aromatic carbocycles. The van der Waals surface area contributed by atoms with E-state index in [1.165, 1.54) is 12.8 Å². The van der Waals surface area contributed by atoms with Crippen LogP contribution in [0.4, 0.5) is 5.69 Å². The first-order valence-electron chi connectivity index (χ1n) is 6.33. The maximum absolute atomic E-state index is 10.9. The lowest BCUT2D eigenvalue weighted by atomic mass is 10.1. The van der Waals surface area contributed by atoms with Crippen LogP contribution in [-0.4, -0.2) is 23.3 Å². The largest absolute Gasteiger partial charge is 0.298 e. The zero-order valence-electron chi connectivity index (χ0n) is 10.8. The number of hydrogen-bond donors (Lipinski definition) is 0. The quantitative estimate of drug-likeness (QED) is 0.605. The first kappa shape index (κ1) is 12.9. The lowest BCUT2D eigenvalue weighted by Crippen LogP contribution is -2.32. The molecule has 1 aliphatic rings. The molecule has 1 fully saturated rings. The third kappa shape index (κ3) is 2.48. The Morgan fingerprint density at radius 2 is 2.00 bits per heavy atom. The van der Waals surface area contributed by atoms with Crippen LogP contribution in [0.25, 0.3) is 0 Å². The van der Waals surface area contributed by atoms with Gasteiger partial charge in [0.1, 0.15) is 5.69 Å². The van der Waals surface area contributed by atoms with Gasteiger partial charge in [-0.25, -0.2) is 0 Å². The zero-order valence-corrected chi connectivity index (χ0v) is 10.8. The molecule has 0 N–H and O–H groups in total. The molecule has 0 saturated carbocycles. The van der Waals surface area contributed by atoms with Gasteiger partial charge in [-0.15, -0.1) is 4.91 Å². The van der Waals surface area contributed by atoms with Crippen molar-refractivity contribution < 1.29 is 4.79 Å². The van der Waals surface area contributed by atoms with Gasteiger partial charge in [0.05, 0.1) is 0 Å². The first-order valence-corrected chi connectivity index (χ1v) is 6.33.